The van der Waals surface area contributed by atoms with Crippen LogP contribution in [-0.4, -0.2) is 46.3 Å². The minimum Gasteiger partial charge on any atom is -0.465 e. The Morgan fingerprint density at radius 3 is 2.56 bits per heavy atom. The molecule has 1 amide bonds. The molecule has 1 aromatic carbocycles. The maximum atomic E-state index is 12.2. The summed E-state index contributed by atoms with van der Waals surface area (Å²) < 4.78 is 45.4. The number of nitrogens with zero attached hydrogens (tertiary/aromatic N) is 1. The number of nitrogens with one attached hydrogen (secondary N) is 2. The van der Waals surface area contributed by atoms with E-state index in [0.29, 0.717) is 23.5 Å². The third-order valence-electron chi connectivity index (χ3n) is 3.65. The molecule has 0 aliphatic carbocycles. The van der Waals surface area contributed by atoms with Gasteiger partial charge in [-0.25, -0.2) is 9.78 Å². The molecule has 1 aromatic heterocycles. The van der Waals surface area contributed by atoms with Crippen molar-refractivity contribution in [2.75, 3.05) is 13.2 Å². The topological polar surface area (TPSA) is 96.5 Å². The minimum atomic E-state index is -4.74. The van der Waals surface area contributed by atoms with Gasteiger partial charge in [-0.1, -0.05) is 0 Å². The Kier molecular flexibility index (Phi) is 4.29. The van der Waals surface area contributed by atoms with E-state index in [1.54, 1.807) is 6.20 Å². The Morgan fingerprint density at radius 2 is 2.04 bits per heavy atom. The second-order valence-electron chi connectivity index (χ2n) is 5.68. The number of ether oxygens (including phenoxy) is 2. The molecule has 1 aliphatic rings. The molecule has 7 nitrogen and oxygen atoms in total. The molecular formula is C15H14F3N3O4. The van der Waals surface area contributed by atoms with Crippen LogP contribution < -0.4 is 10.1 Å². The van der Waals surface area contributed by atoms with E-state index >= 15 is 0 Å². The summed E-state index contributed by atoms with van der Waals surface area (Å²) in [6, 6.07) is 5.31. The van der Waals surface area contributed by atoms with Gasteiger partial charge in [0, 0.05) is 18.2 Å². The van der Waals surface area contributed by atoms with E-state index in [1.165, 1.54) is 24.3 Å². The number of imidazole rings is 1. The molecule has 0 atom stereocenters. The molecule has 1 saturated heterocycles. The van der Waals surface area contributed by atoms with E-state index in [2.05, 4.69) is 20.0 Å². The zero-order chi connectivity index (χ0) is 18.1. The van der Waals surface area contributed by atoms with E-state index in [0.717, 1.165) is 0 Å². The van der Waals surface area contributed by atoms with E-state index in [4.69, 9.17) is 9.84 Å². The quantitative estimate of drug-likeness (QED) is 0.764. The lowest BCUT2D eigenvalue weighted by atomic mass is 9.93. The van der Waals surface area contributed by atoms with Crippen molar-refractivity contribution in [2.45, 2.75) is 18.3 Å². The predicted octanol–water partition coefficient (Wildman–Crippen LogP) is 2.55. The molecular weight excluding hydrogens is 343 g/mol. The third-order valence-corrected chi connectivity index (χ3v) is 3.65. The van der Waals surface area contributed by atoms with Crippen LogP contribution in [0.25, 0.3) is 11.3 Å². The average molecular weight is 357 g/mol. The Balaban J connectivity index is 1.70. The fourth-order valence-corrected chi connectivity index (χ4v) is 2.54. The first-order valence-electron chi connectivity index (χ1n) is 7.24. The maximum absolute atomic E-state index is 12.2. The van der Waals surface area contributed by atoms with Crippen LogP contribution in [0.2, 0.25) is 0 Å². The number of alkyl halides is 3. The van der Waals surface area contributed by atoms with Gasteiger partial charge in [0.15, 0.2) is 0 Å². The van der Waals surface area contributed by atoms with Crippen LogP contribution in [0.5, 0.6) is 5.75 Å². The Bertz CT molecular complexity index is 754. The largest absolute Gasteiger partial charge is 0.573 e. The summed E-state index contributed by atoms with van der Waals surface area (Å²) in [6.07, 6.45) is -3.97. The van der Waals surface area contributed by atoms with Crippen molar-refractivity contribution in [3.63, 3.8) is 0 Å². The van der Waals surface area contributed by atoms with Gasteiger partial charge in [0.25, 0.3) is 0 Å². The van der Waals surface area contributed by atoms with Gasteiger partial charge >= 0.3 is 12.5 Å². The van der Waals surface area contributed by atoms with Gasteiger partial charge in [-0.3, -0.25) is 0 Å². The minimum absolute atomic E-state index is 0.249. The standard InChI is InChI=1S/C15H14F3N3O4/c16-15(17,18)25-10-3-1-9(2-4-10)11-6-19-12(20-11)5-14(7-24-8-14)21-13(22)23/h1-4,6,21H,5,7-8H2,(H,19,20)(H,22,23). The van der Waals surface area contributed by atoms with Crippen molar-refractivity contribution in [1.82, 2.24) is 15.3 Å². The third kappa shape index (κ3) is 4.21. The number of aromatic amines is 1. The van der Waals surface area contributed by atoms with Crippen LogP contribution in [0.3, 0.4) is 0 Å². The number of carbonyl (C=O) groups is 1. The van der Waals surface area contributed by atoms with Crippen LogP contribution in [0, 0.1) is 0 Å². The van der Waals surface area contributed by atoms with Crippen molar-refractivity contribution in [3.05, 3.63) is 36.3 Å². The predicted molar refractivity (Wildman–Crippen MR) is 79.1 cm³/mol. The average Bonchev–Trinajstić information content (AvgIpc) is 2.92. The number of benzene rings is 1. The van der Waals surface area contributed by atoms with E-state index in [9.17, 15) is 18.0 Å². The molecule has 2 heterocycles. The first-order chi connectivity index (χ1) is 11.7. The van der Waals surface area contributed by atoms with Crippen molar-refractivity contribution >= 4 is 6.09 Å². The van der Waals surface area contributed by atoms with Gasteiger partial charge in [0.2, 0.25) is 0 Å². The molecule has 10 heteroatoms. The highest BCUT2D eigenvalue weighted by Gasteiger charge is 2.41. The number of rotatable bonds is 5. The van der Waals surface area contributed by atoms with Crippen LogP contribution in [0.1, 0.15) is 5.82 Å². The van der Waals surface area contributed by atoms with Gasteiger partial charge in [0.1, 0.15) is 11.6 Å². The highest BCUT2D eigenvalue weighted by Crippen LogP contribution is 2.27. The summed E-state index contributed by atoms with van der Waals surface area (Å²) in [5.74, 6) is 0.228. The number of amides is 1. The fourth-order valence-electron chi connectivity index (χ4n) is 2.54. The monoisotopic (exact) mass is 357 g/mol. The van der Waals surface area contributed by atoms with Gasteiger partial charge < -0.3 is 24.9 Å². The Hall–Kier alpha value is -2.75. The van der Waals surface area contributed by atoms with Gasteiger partial charge in [-0.2, -0.15) is 0 Å². The molecule has 3 rings (SSSR count). The van der Waals surface area contributed by atoms with Crippen molar-refractivity contribution in [2.24, 2.45) is 0 Å². The highest BCUT2D eigenvalue weighted by molar-refractivity contribution is 5.66. The lowest BCUT2D eigenvalue weighted by molar-refractivity contribution is -0.274. The van der Waals surface area contributed by atoms with Crippen LogP contribution >= 0.6 is 0 Å². The summed E-state index contributed by atoms with van der Waals surface area (Å²) in [4.78, 5) is 18.2. The number of hydrogen-bond acceptors (Lipinski definition) is 4. The SMILES string of the molecule is O=C(O)NC1(Cc2nc(-c3ccc(OC(F)(F)F)cc3)c[nH]2)COC1. The highest BCUT2D eigenvalue weighted by atomic mass is 19.4. The van der Waals surface area contributed by atoms with E-state index < -0.39 is 18.0 Å². The Morgan fingerprint density at radius 1 is 1.36 bits per heavy atom. The molecule has 2 aromatic rings. The Labute approximate surface area is 139 Å². The van der Waals surface area contributed by atoms with E-state index in [-0.39, 0.29) is 19.0 Å². The van der Waals surface area contributed by atoms with Crippen molar-refractivity contribution < 1.29 is 32.5 Å². The number of hydrogen-bond donors (Lipinski definition) is 3. The fraction of sp³-hybridized carbons (Fsp3) is 0.333. The zero-order valence-electron chi connectivity index (χ0n) is 12.8. The first kappa shape index (κ1) is 17.1. The molecule has 1 aliphatic heterocycles. The van der Waals surface area contributed by atoms with Gasteiger partial charge in [0.05, 0.1) is 24.4 Å². The van der Waals surface area contributed by atoms with Crippen LogP contribution in [0.15, 0.2) is 30.5 Å². The number of halogens is 3. The van der Waals surface area contributed by atoms with Crippen LogP contribution in [-0.2, 0) is 11.2 Å². The van der Waals surface area contributed by atoms with Gasteiger partial charge in [-0.15, -0.1) is 13.2 Å². The lowest BCUT2D eigenvalue weighted by Crippen LogP contribution is -2.63. The summed E-state index contributed by atoms with van der Waals surface area (Å²) in [6.45, 7) is 0.498. The van der Waals surface area contributed by atoms with Gasteiger partial charge in [-0.05, 0) is 24.3 Å². The zero-order valence-corrected chi connectivity index (χ0v) is 12.8. The normalized spacial score (nSPS) is 16.1. The summed E-state index contributed by atoms with van der Waals surface area (Å²) in [5.41, 5.74) is 0.409. The van der Waals surface area contributed by atoms with Crippen molar-refractivity contribution in [3.8, 4) is 17.0 Å². The van der Waals surface area contributed by atoms with E-state index in [1.807, 2.05) is 0 Å². The number of H-pyrrole nitrogens is 1. The molecule has 1 fully saturated rings. The molecule has 0 saturated carbocycles. The second kappa shape index (κ2) is 6.28. The summed E-state index contributed by atoms with van der Waals surface area (Å²) in [7, 11) is 0. The molecule has 25 heavy (non-hydrogen) atoms. The molecule has 0 radical (unpaired) electrons. The van der Waals surface area contributed by atoms with Crippen molar-refractivity contribution in [1.29, 1.82) is 0 Å². The number of aromatic nitrogens is 2. The molecule has 134 valence electrons. The summed E-state index contributed by atoms with van der Waals surface area (Å²) >= 11 is 0. The molecule has 0 unspecified atom stereocenters. The lowest BCUT2D eigenvalue weighted by Gasteiger charge is -2.40. The summed E-state index contributed by atoms with van der Waals surface area (Å²) in [5, 5.41) is 11.3. The molecule has 0 spiro atoms. The number of carboxylic acid groups (broad SMARTS) is 1. The smallest absolute Gasteiger partial charge is 0.465 e. The second-order valence-corrected chi connectivity index (χ2v) is 5.68. The molecule has 3 N–H and O–H groups in total. The first-order valence-corrected chi connectivity index (χ1v) is 7.24. The maximum Gasteiger partial charge on any atom is 0.573 e. The molecule has 0 bridgehead atoms. The van der Waals surface area contributed by atoms with Crippen LogP contribution in [0.4, 0.5) is 18.0 Å².